The largest absolute Gasteiger partial charge is 0.477 e. The fraction of sp³-hybridized carbons (Fsp3) is 0.818. The predicted molar refractivity (Wildman–Crippen MR) is 366 cm³/mol. The molecule has 0 aromatic heterocycles. The van der Waals surface area contributed by atoms with E-state index in [1.165, 1.54) is 17.7 Å². The number of hydrogen-bond donors (Lipinski definition) is 15. The highest BCUT2D eigenvalue weighted by Gasteiger charge is 2.33. The van der Waals surface area contributed by atoms with Crippen LogP contribution in [0, 0.1) is 88.2 Å². The topological polar surface area (TPSA) is 339 Å². The van der Waals surface area contributed by atoms with E-state index in [4.69, 9.17) is 82.9 Å². The molecule has 29 nitrogen and oxygen atoms in total. The van der Waals surface area contributed by atoms with Crippen molar-refractivity contribution in [2.45, 2.75) is 133 Å². The maximum absolute atomic E-state index is 11.0. The minimum absolute atomic E-state index is 0.152. The molecule has 0 radical (unpaired) electrons. The Hall–Kier alpha value is -1.04. The van der Waals surface area contributed by atoms with Gasteiger partial charge in [0.25, 0.3) is 0 Å². The van der Waals surface area contributed by atoms with E-state index in [-0.39, 0.29) is 68.1 Å². The van der Waals surface area contributed by atoms with Gasteiger partial charge in [0.1, 0.15) is 49.7 Å². The zero-order valence-electron chi connectivity index (χ0n) is 60.3. The van der Waals surface area contributed by atoms with Crippen LogP contribution in [0.1, 0.15) is 85.0 Å². The van der Waals surface area contributed by atoms with E-state index in [0.717, 1.165) is 181 Å². The molecule has 0 aromatic rings. The lowest BCUT2D eigenvalue weighted by molar-refractivity contribution is -1.05. The van der Waals surface area contributed by atoms with Crippen molar-refractivity contribution in [1.29, 1.82) is 0 Å². The second kappa shape index (κ2) is 62.3. The molecule has 9 saturated heterocycles. The summed E-state index contributed by atoms with van der Waals surface area (Å²) in [5, 5.41) is 52.7. The Morgan fingerprint density at radius 2 is 1.01 bits per heavy atom. The zero-order chi connectivity index (χ0) is 72.5. The average Bonchev–Trinajstić information content (AvgIpc) is 1.90. The molecule has 582 valence electrons. The molecule has 9 aliphatic heterocycles. The summed E-state index contributed by atoms with van der Waals surface area (Å²) in [7, 11) is 34.4. The molecular weight excluding hydrogens is 1300 g/mol. The van der Waals surface area contributed by atoms with E-state index < -0.39 is 9.84 Å². The lowest BCUT2D eigenvalue weighted by atomic mass is 10.0. The third-order valence-corrected chi connectivity index (χ3v) is 18.4. The van der Waals surface area contributed by atoms with Crippen molar-refractivity contribution in [2.24, 2.45) is 17.8 Å². The van der Waals surface area contributed by atoms with Gasteiger partial charge in [-0.05, 0) is 91.1 Å². The molecule has 31 heteroatoms. The normalized spacial score (nSPS) is 27.9. The minimum atomic E-state index is -2.83. The van der Waals surface area contributed by atoms with Crippen LogP contribution in [-0.4, -0.2) is 278 Å². The minimum Gasteiger partial charge on any atom is -0.477 e. The SMILES string of the molecule is C=CC[NH+]([CH2-])C(C)COC.[CH2-][NH+](O)CC1CCCCO1.[CH2-][NH+](O)CC1CCCO1.[CH2-][NH+](O)CC1CCCOC1.[CH2-][NH+](O)CC1CCOC1.[CH2-][NH+](O)CC1CCOCC1.[CH2-][NH2+]CC1COC(C)(C)O1.[CH2-][NH2+]CC1COCCO1.[CH2-][NH2+]CC1CS(=O)(=O)CCO1.[CH2-][NH2+]CC1CSCCO1. The standard InChI is InChI=1S/C8H17NO.4C7H15NO2.C6H13NO3S.3C6H13NO2.C6H13NOS/c1-5-6-9(3)8(2)7-10-4;1-7(2)9-5-6(10-7)4-8-3;1-8(9)6-7-2-4-10-5-3-7;1-8(9)5-7-3-2-4-10-6-7;1-8(9)6-7-4-2-3-5-10-7;1-7-4-6-5-11(8,9)3-2-10-6;1-7-4-6-5-8-2-3-9-6;1-7(8)4-6-2-3-9-5-6;1-7(8)5-6-3-2-4-9-6;1-7-4-6-5-9-3-2-8-6/h5,8-9H,1,3,6-7H2,2,4H3;6H,3-5,8H2,1-2H3;3*7-9H,1-6H2;6H,1-5,7H2;6H,1-5,7H2;2*6-8H,1-5H2;6H,1-5,7H2. The summed E-state index contributed by atoms with van der Waals surface area (Å²) in [4.78, 5) is 1.19. The van der Waals surface area contributed by atoms with Crippen molar-refractivity contribution in [2.75, 3.05) is 195 Å². The van der Waals surface area contributed by atoms with Gasteiger partial charge in [-0.15, -0.1) is 35.2 Å². The molecule has 0 aliphatic carbocycles. The third-order valence-electron chi connectivity index (χ3n) is 15.7. The quantitative estimate of drug-likeness (QED) is 0.0257. The summed E-state index contributed by atoms with van der Waals surface area (Å²) in [5.74, 6) is 3.87. The Morgan fingerprint density at radius 3 is 1.46 bits per heavy atom. The van der Waals surface area contributed by atoms with Crippen LogP contribution >= 0.6 is 11.8 Å². The number of thioether (sulfide) groups is 1. The maximum Gasteiger partial charge on any atom is 0.163 e. The van der Waals surface area contributed by atoms with E-state index in [1.54, 1.807) is 12.4 Å². The number of rotatable bonds is 23. The van der Waals surface area contributed by atoms with Crippen LogP contribution in [0.5, 0.6) is 0 Å². The second-order valence-corrected chi connectivity index (χ2v) is 29.0. The van der Waals surface area contributed by atoms with Crippen LogP contribution < -0.4 is 51.5 Å². The maximum atomic E-state index is 11.0. The van der Waals surface area contributed by atoms with Gasteiger partial charge in [-0.2, -0.15) is 47.0 Å². The second-order valence-electron chi connectivity index (χ2n) is 25.6. The fourth-order valence-electron chi connectivity index (χ4n) is 10.6. The average molecular weight is 1440 g/mol. The fourth-order valence-corrected chi connectivity index (χ4v) is 12.8. The molecule has 9 heterocycles. The smallest absolute Gasteiger partial charge is 0.163 e. The number of sulfone groups is 1. The van der Waals surface area contributed by atoms with Crippen LogP contribution in [-0.2, 0) is 66.7 Å². The first kappa shape index (κ1) is 96.0. The van der Waals surface area contributed by atoms with Gasteiger partial charge < -0.3 is 108 Å². The third kappa shape index (κ3) is 59.0. The molecule has 97 heavy (non-hydrogen) atoms. The summed E-state index contributed by atoms with van der Waals surface area (Å²) in [6.07, 6.45) is 14.2. The molecule has 9 rings (SSSR count). The molecular formula is C66H142N10O19S2. The van der Waals surface area contributed by atoms with Gasteiger partial charge in [0, 0.05) is 76.0 Å². The number of methoxy groups -OCH3 is 1. The van der Waals surface area contributed by atoms with Crippen LogP contribution in [0.3, 0.4) is 0 Å². The van der Waals surface area contributed by atoms with E-state index in [2.05, 4.69) is 84.0 Å². The van der Waals surface area contributed by atoms with Crippen LogP contribution in [0.4, 0.5) is 0 Å². The summed E-state index contributed by atoms with van der Waals surface area (Å²) >= 11 is 1.97. The van der Waals surface area contributed by atoms with Gasteiger partial charge in [0.15, 0.2) is 15.6 Å². The number of nitrogens with one attached hydrogen (secondary N) is 6. The number of hydroxylamine groups is 10. The molecule has 9 fully saturated rings. The Morgan fingerprint density at radius 1 is 0.536 bits per heavy atom. The van der Waals surface area contributed by atoms with Gasteiger partial charge in [0.2, 0.25) is 0 Å². The Bertz CT molecular complexity index is 1730. The van der Waals surface area contributed by atoms with Crippen molar-refractivity contribution < 1.29 is 143 Å². The van der Waals surface area contributed by atoms with Gasteiger partial charge in [-0.1, -0.05) is 6.58 Å². The van der Waals surface area contributed by atoms with E-state index >= 15 is 0 Å². The zero-order valence-corrected chi connectivity index (χ0v) is 61.9. The Kier molecular flexibility index (Phi) is 61.7. The highest BCUT2D eigenvalue weighted by atomic mass is 32.2. The van der Waals surface area contributed by atoms with Crippen molar-refractivity contribution in [3.8, 4) is 0 Å². The lowest BCUT2D eigenvalue weighted by Crippen LogP contribution is -3.11. The van der Waals surface area contributed by atoms with E-state index in [9.17, 15) is 8.42 Å². The molecule has 0 amide bonds. The summed E-state index contributed by atoms with van der Waals surface area (Å²) in [5.41, 5.74) is 0. The number of nitrogens with two attached hydrogens (primary N) is 4. The van der Waals surface area contributed by atoms with Crippen molar-refractivity contribution in [3.63, 3.8) is 0 Å². The van der Waals surface area contributed by atoms with Crippen LogP contribution in [0.25, 0.3) is 0 Å². The van der Waals surface area contributed by atoms with Gasteiger partial charge in [0.05, 0.1) is 129 Å². The number of hydrogen-bond acceptors (Lipinski definition) is 20. The van der Waals surface area contributed by atoms with Crippen molar-refractivity contribution >= 4 is 21.6 Å². The molecule has 0 saturated carbocycles. The highest BCUT2D eigenvalue weighted by Crippen LogP contribution is 2.21. The first-order chi connectivity index (χ1) is 46.3. The van der Waals surface area contributed by atoms with Gasteiger partial charge in [-0.3, -0.25) is 0 Å². The van der Waals surface area contributed by atoms with Gasteiger partial charge >= 0.3 is 0 Å². The van der Waals surface area contributed by atoms with Crippen molar-refractivity contribution in [1.82, 2.24) is 0 Å². The molecule has 0 spiro atoms. The predicted octanol–water partition coefficient (Wildman–Crippen LogP) is -7.34. The summed E-state index contributed by atoms with van der Waals surface area (Å²) in [6.45, 7) is 28.9. The first-order valence-electron chi connectivity index (χ1n) is 34.8. The Balaban J connectivity index is 0.00000106. The molecule has 0 aromatic carbocycles. The van der Waals surface area contributed by atoms with Gasteiger partial charge in [-0.25, -0.2) is 34.5 Å². The number of quaternary nitrogens is 10. The highest BCUT2D eigenvalue weighted by molar-refractivity contribution is 7.99. The van der Waals surface area contributed by atoms with E-state index in [1.807, 2.05) is 47.6 Å². The molecule has 0 bridgehead atoms. The lowest BCUT2D eigenvalue weighted by Gasteiger charge is -2.26. The van der Waals surface area contributed by atoms with Crippen LogP contribution in [0.2, 0.25) is 0 Å². The number of ether oxygens (including phenoxy) is 12. The molecule has 15 atom stereocenters. The van der Waals surface area contributed by atoms with Crippen LogP contribution in [0.15, 0.2) is 12.7 Å². The van der Waals surface area contributed by atoms with Crippen molar-refractivity contribution in [3.05, 3.63) is 83.1 Å². The molecule has 9 aliphatic rings. The Labute approximate surface area is 590 Å². The van der Waals surface area contributed by atoms with E-state index in [0.29, 0.717) is 80.9 Å². The monoisotopic (exact) mass is 1440 g/mol. The molecule has 19 N–H and O–H groups in total. The molecule has 15 unspecified atom stereocenters. The first-order valence-corrected chi connectivity index (χ1v) is 37.8. The summed E-state index contributed by atoms with van der Waals surface area (Å²) < 4.78 is 85.1. The summed E-state index contributed by atoms with van der Waals surface area (Å²) in [6, 6.07) is 0.447.